The van der Waals surface area contributed by atoms with Crippen LogP contribution in [0, 0.1) is 0 Å². The maximum atomic E-state index is 11.9. The van der Waals surface area contributed by atoms with Gasteiger partial charge in [-0.15, -0.1) is 0 Å². The van der Waals surface area contributed by atoms with Crippen molar-refractivity contribution in [1.82, 2.24) is 10.6 Å². The minimum atomic E-state index is -0.260. The van der Waals surface area contributed by atoms with Gasteiger partial charge in [-0.25, -0.2) is 0 Å². The van der Waals surface area contributed by atoms with E-state index in [1.54, 1.807) is 30.3 Å². The zero-order valence-electron chi connectivity index (χ0n) is 12.5. The summed E-state index contributed by atoms with van der Waals surface area (Å²) in [5, 5.41) is 5.81. The lowest BCUT2D eigenvalue weighted by atomic mass is 10.2. The summed E-state index contributed by atoms with van der Waals surface area (Å²) in [6.45, 7) is 0.670. The van der Waals surface area contributed by atoms with Gasteiger partial charge < -0.3 is 10.6 Å². The Balaban J connectivity index is 1.71. The zero-order chi connectivity index (χ0) is 16.5. The Morgan fingerprint density at radius 1 is 0.913 bits per heavy atom. The molecule has 0 saturated carbocycles. The van der Waals surface area contributed by atoms with Crippen LogP contribution < -0.4 is 10.6 Å². The molecule has 2 rings (SSSR count). The predicted octanol–water partition coefficient (Wildman–Crippen LogP) is 2.90. The van der Waals surface area contributed by atoms with Crippen LogP contribution in [0.5, 0.6) is 0 Å². The largest absolute Gasteiger partial charge is 0.351 e. The summed E-state index contributed by atoms with van der Waals surface area (Å²) < 4.78 is 0. The van der Waals surface area contributed by atoms with Crippen LogP contribution in [0.1, 0.15) is 15.9 Å². The molecule has 0 radical (unpaired) electrons. The molecule has 0 saturated heterocycles. The van der Waals surface area contributed by atoms with Crippen molar-refractivity contribution < 1.29 is 9.59 Å². The molecule has 23 heavy (non-hydrogen) atoms. The average molecular weight is 329 g/mol. The summed E-state index contributed by atoms with van der Waals surface area (Å²) in [6.07, 6.45) is 3.20. The summed E-state index contributed by atoms with van der Waals surface area (Å²) in [5.74, 6) is -0.467. The molecule has 2 N–H and O–H groups in total. The number of hydrogen-bond acceptors (Lipinski definition) is 2. The number of halogens is 1. The van der Waals surface area contributed by atoms with Gasteiger partial charge in [0.25, 0.3) is 5.91 Å². The Hall–Kier alpha value is -2.59. The van der Waals surface area contributed by atoms with E-state index in [1.165, 1.54) is 6.08 Å². The van der Waals surface area contributed by atoms with Crippen molar-refractivity contribution >= 4 is 29.5 Å². The number of carbonyl (C=O) groups is 2. The maximum Gasteiger partial charge on any atom is 0.252 e. The minimum Gasteiger partial charge on any atom is -0.351 e. The van der Waals surface area contributed by atoms with E-state index in [1.807, 2.05) is 30.3 Å². The van der Waals surface area contributed by atoms with Crippen LogP contribution in [-0.4, -0.2) is 24.9 Å². The second-order valence-electron chi connectivity index (χ2n) is 4.77. The highest BCUT2D eigenvalue weighted by molar-refractivity contribution is 6.33. The second-order valence-corrected chi connectivity index (χ2v) is 5.18. The van der Waals surface area contributed by atoms with Crippen molar-refractivity contribution in [2.75, 3.05) is 13.1 Å². The molecule has 0 aliphatic heterocycles. The maximum absolute atomic E-state index is 11.9. The molecule has 0 heterocycles. The summed E-state index contributed by atoms with van der Waals surface area (Å²) in [4.78, 5) is 23.6. The van der Waals surface area contributed by atoms with Crippen LogP contribution in [0.25, 0.3) is 6.08 Å². The van der Waals surface area contributed by atoms with Crippen molar-refractivity contribution in [3.63, 3.8) is 0 Å². The van der Waals surface area contributed by atoms with Crippen LogP contribution >= 0.6 is 11.6 Å². The molecule has 0 atom stereocenters. The molecule has 0 fully saturated rings. The zero-order valence-corrected chi connectivity index (χ0v) is 13.2. The number of benzene rings is 2. The Morgan fingerprint density at radius 2 is 1.57 bits per heavy atom. The molecule has 0 bridgehead atoms. The molecule has 4 nitrogen and oxygen atoms in total. The molecule has 0 aliphatic rings. The fraction of sp³-hybridized carbons (Fsp3) is 0.111. The van der Waals surface area contributed by atoms with Gasteiger partial charge >= 0.3 is 0 Å². The molecule has 0 unspecified atom stereocenters. The Morgan fingerprint density at radius 3 is 2.30 bits per heavy atom. The molecule has 5 heteroatoms. The molecule has 0 spiro atoms. The first kappa shape index (κ1) is 16.8. The van der Waals surface area contributed by atoms with Gasteiger partial charge in [-0.1, -0.05) is 54.1 Å². The molecule has 2 aromatic rings. The van der Waals surface area contributed by atoms with Crippen molar-refractivity contribution in [3.05, 3.63) is 76.8 Å². The molecule has 0 aliphatic carbocycles. The van der Waals surface area contributed by atoms with E-state index in [0.29, 0.717) is 23.7 Å². The molecule has 0 aromatic heterocycles. The van der Waals surface area contributed by atoms with Crippen molar-refractivity contribution in [2.24, 2.45) is 0 Å². The highest BCUT2D eigenvalue weighted by Crippen LogP contribution is 2.14. The van der Waals surface area contributed by atoms with E-state index in [9.17, 15) is 9.59 Å². The number of nitrogens with one attached hydrogen (secondary N) is 2. The fourth-order valence-electron chi connectivity index (χ4n) is 1.90. The van der Waals surface area contributed by atoms with Gasteiger partial charge in [-0.3, -0.25) is 9.59 Å². The van der Waals surface area contributed by atoms with Crippen molar-refractivity contribution in [1.29, 1.82) is 0 Å². The van der Waals surface area contributed by atoms with E-state index in [4.69, 9.17) is 11.6 Å². The van der Waals surface area contributed by atoms with Crippen LogP contribution in [0.15, 0.2) is 60.7 Å². The summed E-state index contributed by atoms with van der Waals surface area (Å²) in [7, 11) is 0. The Kier molecular flexibility index (Phi) is 6.39. The van der Waals surface area contributed by atoms with Gasteiger partial charge in [-0.05, 0) is 23.8 Å². The topological polar surface area (TPSA) is 58.2 Å². The van der Waals surface area contributed by atoms with E-state index in [-0.39, 0.29) is 11.8 Å². The van der Waals surface area contributed by atoms with Gasteiger partial charge in [0.15, 0.2) is 0 Å². The average Bonchev–Trinajstić information content (AvgIpc) is 2.58. The second kappa shape index (κ2) is 8.76. The van der Waals surface area contributed by atoms with E-state index in [2.05, 4.69) is 10.6 Å². The fourth-order valence-corrected chi connectivity index (χ4v) is 2.12. The first-order valence-corrected chi connectivity index (χ1v) is 7.58. The molecule has 2 amide bonds. The summed E-state index contributed by atoms with van der Waals surface area (Å²) in [5.41, 5.74) is 1.37. The standard InChI is InChI=1S/C18H17ClN2O2/c19-16-9-5-4-8-15(16)18(23)21-13-12-20-17(22)11-10-14-6-2-1-3-7-14/h1-11H,12-13H2,(H,20,22)(H,21,23)/b11-10+. The third-order valence-corrected chi connectivity index (χ3v) is 3.38. The molecule has 118 valence electrons. The van der Waals surface area contributed by atoms with E-state index >= 15 is 0 Å². The lowest BCUT2D eigenvalue weighted by Crippen LogP contribution is -2.34. The quantitative estimate of drug-likeness (QED) is 0.633. The van der Waals surface area contributed by atoms with Gasteiger partial charge in [-0.2, -0.15) is 0 Å². The van der Waals surface area contributed by atoms with E-state index in [0.717, 1.165) is 5.56 Å². The number of carbonyl (C=O) groups excluding carboxylic acids is 2. The predicted molar refractivity (Wildman–Crippen MR) is 92.3 cm³/mol. The third kappa shape index (κ3) is 5.60. The van der Waals surface area contributed by atoms with E-state index < -0.39 is 0 Å². The normalized spacial score (nSPS) is 10.5. The van der Waals surface area contributed by atoms with Crippen LogP contribution in [0.4, 0.5) is 0 Å². The van der Waals surface area contributed by atoms with Gasteiger partial charge in [0.1, 0.15) is 0 Å². The van der Waals surface area contributed by atoms with Crippen molar-refractivity contribution in [2.45, 2.75) is 0 Å². The smallest absolute Gasteiger partial charge is 0.252 e. The highest BCUT2D eigenvalue weighted by atomic mass is 35.5. The third-order valence-electron chi connectivity index (χ3n) is 3.06. The van der Waals surface area contributed by atoms with Gasteiger partial charge in [0.05, 0.1) is 10.6 Å². The first-order valence-electron chi connectivity index (χ1n) is 7.20. The number of hydrogen-bond donors (Lipinski definition) is 2. The lowest BCUT2D eigenvalue weighted by molar-refractivity contribution is -0.116. The Labute approximate surface area is 140 Å². The van der Waals surface area contributed by atoms with Crippen LogP contribution in [-0.2, 0) is 4.79 Å². The Bertz CT molecular complexity index is 699. The number of amides is 2. The summed E-state index contributed by atoms with van der Waals surface area (Å²) in [6, 6.07) is 16.4. The molecular weight excluding hydrogens is 312 g/mol. The van der Waals surface area contributed by atoms with Crippen LogP contribution in [0.3, 0.4) is 0 Å². The number of rotatable bonds is 6. The first-order chi connectivity index (χ1) is 11.2. The van der Waals surface area contributed by atoms with Gasteiger partial charge in [0, 0.05) is 19.2 Å². The van der Waals surface area contributed by atoms with Crippen LogP contribution in [0.2, 0.25) is 5.02 Å². The molecule has 2 aromatic carbocycles. The monoisotopic (exact) mass is 328 g/mol. The SMILES string of the molecule is O=C(/C=C/c1ccccc1)NCCNC(=O)c1ccccc1Cl. The highest BCUT2D eigenvalue weighted by Gasteiger charge is 2.08. The molecular formula is C18H17ClN2O2. The minimum absolute atomic E-state index is 0.208. The van der Waals surface area contributed by atoms with Gasteiger partial charge in [0.2, 0.25) is 5.91 Å². The van der Waals surface area contributed by atoms with Crippen molar-refractivity contribution in [3.8, 4) is 0 Å². The lowest BCUT2D eigenvalue weighted by Gasteiger charge is -2.07. The summed E-state index contributed by atoms with van der Waals surface area (Å²) >= 11 is 5.94.